The molecule has 2 rings (SSSR count). The summed E-state index contributed by atoms with van der Waals surface area (Å²) in [7, 11) is 1.53. The molecule has 0 fully saturated rings. The average Bonchev–Trinajstić information content (AvgIpc) is 2.70. The van der Waals surface area contributed by atoms with Crippen LogP contribution in [0.1, 0.15) is 16.1 Å². The van der Waals surface area contributed by atoms with Crippen LogP contribution in [0.5, 0.6) is 11.8 Å². The Kier molecular flexibility index (Phi) is 3.28. The minimum atomic E-state index is -4.44. The fraction of sp³-hybridized carbons (Fsp3) is 0.167. The summed E-state index contributed by atoms with van der Waals surface area (Å²) < 4.78 is 44.1. The van der Waals surface area contributed by atoms with Crippen LogP contribution in [-0.4, -0.2) is 15.8 Å². The summed E-state index contributed by atoms with van der Waals surface area (Å²) in [5.74, 6) is 0.000902. The van der Waals surface area contributed by atoms with Gasteiger partial charge in [-0.05, 0) is 18.2 Å². The molecule has 0 amide bonds. The predicted molar refractivity (Wildman–Crippen MR) is 60.1 cm³/mol. The number of nitrogens with zero attached hydrogens (tertiary/aromatic N) is 2. The summed E-state index contributed by atoms with van der Waals surface area (Å²) in [5, 5.41) is 0. The Balaban J connectivity index is 2.28. The lowest BCUT2D eigenvalue weighted by molar-refractivity contribution is -0.137. The van der Waals surface area contributed by atoms with Crippen LogP contribution in [0, 0.1) is 0 Å². The highest BCUT2D eigenvalue weighted by atomic mass is 19.4. The SMILES string of the molecule is Cn1c(C=O)cnc1Oc1cccc(C(F)(F)F)c1. The van der Waals surface area contributed by atoms with Gasteiger partial charge in [0.25, 0.3) is 0 Å². The fourth-order valence-corrected chi connectivity index (χ4v) is 1.45. The first-order chi connectivity index (χ1) is 8.91. The first kappa shape index (κ1) is 13.1. The zero-order chi connectivity index (χ0) is 14.0. The van der Waals surface area contributed by atoms with E-state index < -0.39 is 11.7 Å². The van der Waals surface area contributed by atoms with Crippen molar-refractivity contribution in [2.75, 3.05) is 0 Å². The number of hydrogen-bond acceptors (Lipinski definition) is 3. The molecule has 0 saturated heterocycles. The molecule has 0 aliphatic rings. The maximum Gasteiger partial charge on any atom is 0.416 e. The molecule has 19 heavy (non-hydrogen) atoms. The van der Waals surface area contributed by atoms with Crippen LogP contribution >= 0.6 is 0 Å². The predicted octanol–water partition coefficient (Wildman–Crippen LogP) is 3.04. The topological polar surface area (TPSA) is 44.1 Å². The zero-order valence-corrected chi connectivity index (χ0v) is 9.81. The van der Waals surface area contributed by atoms with Crippen molar-refractivity contribution in [3.8, 4) is 11.8 Å². The lowest BCUT2D eigenvalue weighted by atomic mass is 10.2. The number of rotatable bonds is 3. The van der Waals surface area contributed by atoms with Gasteiger partial charge in [-0.3, -0.25) is 9.36 Å². The summed E-state index contributed by atoms with van der Waals surface area (Å²) in [6.07, 6.45) is -2.59. The van der Waals surface area contributed by atoms with E-state index in [-0.39, 0.29) is 17.5 Å². The van der Waals surface area contributed by atoms with Crippen molar-refractivity contribution < 1.29 is 22.7 Å². The van der Waals surface area contributed by atoms with Crippen molar-refractivity contribution in [2.24, 2.45) is 7.05 Å². The Labute approximate surface area is 106 Å². The van der Waals surface area contributed by atoms with Crippen molar-refractivity contribution in [3.05, 3.63) is 41.7 Å². The van der Waals surface area contributed by atoms with Gasteiger partial charge in [-0.15, -0.1) is 0 Å². The third-order valence-corrected chi connectivity index (χ3v) is 2.47. The van der Waals surface area contributed by atoms with Crippen LogP contribution in [0.15, 0.2) is 30.5 Å². The monoisotopic (exact) mass is 270 g/mol. The van der Waals surface area contributed by atoms with E-state index in [2.05, 4.69) is 4.98 Å². The highest BCUT2D eigenvalue weighted by Gasteiger charge is 2.30. The molecule has 1 aromatic carbocycles. The van der Waals surface area contributed by atoms with Crippen LogP contribution in [0.2, 0.25) is 0 Å². The summed E-state index contributed by atoms with van der Waals surface area (Å²) in [6, 6.07) is 4.48. The van der Waals surface area contributed by atoms with Crippen molar-refractivity contribution in [1.29, 1.82) is 0 Å². The molecule has 0 spiro atoms. The van der Waals surface area contributed by atoms with E-state index in [4.69, 9.17) is 4.74 Å². The molecule has 0 atom stereocenters. The lowest BCUT2D eigenvalue weighted by Gasteiger charge is -2.09. The minimum absolute atomic E-state index is 0.000902. The molecule has 1 aromatic heterocycles. The number of ether oxygens (including phenoxy) is 1. The van der Waals surface area contributed by atoms with Crippen LogP contribution < -0.4 is 4.74 Å². The van der Waals surface area contributed by atoms with Gasteiger partial charge in [0.1, 0.15) is 11.4 Å². The molecule has 1 heterocycles. The first-order valence-corrected chi connectivity index (χ1v) is 5.24. The van der Waals surface area contributed by atoms with E-state index >= 15 is 0 Å². The molecule has 2 aromatic rings. The molecule has 0 aliphatic carbocycles. The minimum Gasteiger partial charge on any atom is -0.425 e. The van der Waals surface area contributed by atoms with Crippen molar-refractivity contribution in [2.45, 2.75) is 6.18 Å². The molecular weight excluding hydrogens is 261 g/mol. The first-order valence-electron chi connectivity index (χ1n) is 5.24. The van der Waals surface area contributed by atoms with Gasteiger partial charge in [0, 0.05) is 7.05 Å². The van der Waals surface area contributed by atoms with Gasteiger partial charge in [-0.1, -0.05) is 6.07 Å². The Bertz CT molecular complexity index is 605. The van der Waals surface area contributed by atoms with E-state index in [0.717, 1.165) is 12.1 Å². The molecule has 0 radical (unpaired) electrons. The van der Waals surface area contributed by atoms with Crippen LogP contribution in [0.25, 0.3) is 0 Å². The third-order valence-electron chi connectivity index (χ3n) is 2.47. The molecule has 100 valence electrons. The van der Waals surface area contributed by atoms with E-state index in [9.17, 15) is 18.0 Å². The van der Waals surface area contributed by atoms with Crippen LogP contribution in [0.3, 0.4) is 0 Å². The number of aromatic nitrogens is 2. The number of halogens is 3. The summed E-state index contributed by atoms with van der Waals surface area (Å²) in [5.41, 5.74) is -0.545. The molecule has 4 nitrogen and oxygen atoms in total. The van der Waals surface area contributed by atoms with E-state index in [0.29, 0.717) is 6.29 Å². The van der Waals surface area contributed by atoms with Gasteiger partial charge in [0.15, 0.2) is 6.29 Å². The quantitative estimate of drug-likeness (QED) is 0.805. The van der Waals surface area contributed by atoms with Gasteiger partial charge in [-0.2, -0.15) is 13.2 Å². The zero-order valence-electron chi connectivity index (χ0n) is 9.81. The number of aldehydes is 1. The highest BCUT2D eigenvalue weighted by Crippen LogP contribution is 2.32. The molecule has 0 N–H and O–H groups in total. The normalized spacial score (nSPS) is 11.4. The number of imidazole rings is 1. The van der Waals surface area contributed by atoms with Gasteiger partial charge < -0.3 is 4.74 Å². The number of carbonyl (C=O) groups is 1. The van der Waals surface area contributed by atoms with E-state index in [1.165, 1.54) is 29.9 Å². The smallest absolute Gasteiger partial charge is 0.416 e. The van der Waals surface area contributed by atoms with Gasteiger partial charge >= 0.3 is 12.2 Å². The molecule has 0 unspecified atom stereocenters. The lowest BCUT2D eigenvalue weighted by Crippen LogP contribution is -2.05. The number of carbonyl (C=O) groups excluding carboxylic acids is 1. The Morgan fingerprint density at radius 2 is 2.11 bits per heavy atom. The Hall–Kier alpha value is -2.31. The summed E-state index contributed by atoms with van der Waals surface area (Å²) in [6.45, 7) is 0. The average molecular weight is 270 g/mol. The van der Waals surface area contributed by atoms with Crippen molar-refractivity contribution >= 4 is 6.29 Å². The highest BCUT2D eigenvalue weighted by molar-refractivity contribution is 5.72. The second-order valence-corrected chi connectivity index (χ2v) is 3.77. The molecule has 0 saturated carbocycles. The second-order valence-electron chi connectivity index (χ2n) is 3.77. The van der Waals surface area contributed by atoms with E-state index in [1.54, 1.807) is 0 Å². The number of benzene rings is 1. The van der Waals surface area contributed by atoms with Crippen molar-refractivity contribution in [3.63, 3.8) is 0 Å². The molecule has 0 aliphatic heterocycles. The van der Waals surface area contributed by atoms with Crippen molar-refractivity contribution in [1.82, 2.24) is 9.55 Å². The third kappa shape index (κ3) is 2.75. The fourth-order valence-electron chi connectivity index (χ4n) is 1.45. The molecule has 0 bridgehead atoms. The largest absolute Gasteiger partial charge is 0.425 e. The molecular formula is C12H9F3N2O2. The van der Waals surface area contributed by atoms with E-state index in [1.807, 2.05) is 0 Å². The second kappa shape index (κ2) is 4.75. The number of alkyl halides is 3. The van der Waals surface area contributed by atoms with Gasteiger partial charge in [0.05, 0.1) is 11.8 Å². The standard InChI is InChI=1S/C12H9F3N2O2/c1-17-9(7-18)6-16-11(17)19-10-4-2-3-8(5-10)12(13,14)15/h2-7H,1H3. The number of hydrogen-bond donors (Lipinski definition) is 0. The summed E-state index contributed by atoms with van der Waals surface area (Å²) in [4.78, 5) is 14.4. The summed E-state index contributed by atoms with van der Waals surface area (Å²) >= 11 is 0. The van der Waals surface area contributed by atoms with Crippen LogP contribution in [-0.2, 0) is 13.2 Å². The molecule has 7 heteroatoms. The van der Waals surface area contributed by atoms with Gasteiger partial charge in [0.2, 0.25) is 0 Å². The Morgan fingerprint density at radius 1 is 1.37 bits per heavy atom. The van der Waals surface area contributed by atoms with Gasteiger partial charge in [-0.25, -0.2) is 4.98 Å². The maximum absolute atomic E-state index is 12.5. The Morgan fingerprint density at radius 3 is 2.68 bits per heavy atom. The van der Waals surface area contributed by atoms with Crippen LogP contribution in [0.4, 0.5) is 13.2 Å². The maximum atomic E-state index is 12.5.